The van der Waals surface area contributed by atoms with Crippen molar-refractivity contribution >= 4 is 23.6 Å². The molecule has 7 heteroatoms. The van der Waals surface area contributed by atoms with Gasteiger partial charge in [0.1, 0.15) is 6.04 Å². The highest BCUT2D eigenvalue weighted by Crippen LogP contribution is 2.28. The average Bonchev–Trinajstić information content (AvgIpc) is 2.86. The SMILES string of the molecule is CCCNCCCc1ccc2c(c1)C(=O)N(C1CCC(=O)NC1=O)C2=O. The summed E-state index contributed by atoms with van der Waals surface area (Å²) in [4.78, 5) is 49.7. The molecule has 0 bridgehead atoms. The van der Waals surface area contributed by atoms with Crippen molar-refractivity contribution in [1.82, 2.24) is 15.5 Å². The van der Waals surface area contributed by atoms with Gasteiger partial charge in [0.2, 0.25) is 11.8 Å². The second-order valence-corrected chi connectivity index (χ2v) is 6.68. The Labute approximate surface area is 152 Å². The van der Waals surface area contributed by atoms with Crippen molar-refractivity contribution in [3.63, 3.8) is 0 Å². The molecule has 138 valence electrons. The number of hydrogen-bond acceptors (Lipinski definition) is 5. The van der Waals surface area contributed by atoms with E-state index in [1.54, 1.807) is 12.1 Å². The molecule has 0 radical (unpaired) electrons. The van der Waals surface area contributed by atoms with E-state index in [0.717, 1.165) is 42.8 Å². The summed E-state index contributed by atoms with van der Waals surface area (Å²) in [5.74, 6) is -1.87. The van der Waals surface area contributed by atoms with E-state index < -0.39 is 23.8 Å². The molecule has 1 aromatic carbocycles. The molecule has 2 aliphatic rings. The van der Waals surface area contributed by atoms with Crippen LogP contribution in [0.1, 0.15) is 58.9 Å². The van der Waals surface area contributed by atoms with E-state index in [1.807, 2.05) is 6.07 Å². The lowest BCUT2D eigenvalue weighted by Gasteiger charge is -2.27. The van der Waals surface area contributed by atoms with Crippen LogP contribution in [0.5, 0.6) is 0 Å². The van der Waals surface area contributed by atoms with Crippen molar-refractivity contribution < 1.29 is 19.2 Å². The number of carbonyl (C=O) groups is 4. The molecule has 2 heterocycles. The molecule has 0 aliphatic carbocycles. The van der Waals surface area contributed by atoms with Gasteiger partial charge in [0.15, 0.2) is 0 Å². The van der Waals surface area contributed by atoms with Crippen molar-refractivity contribution in [3.05, 3.63) is 34.9 Å². The van der Waals surface area contributed by atoms with Crippen LogP contribution >= 0.6 is 0 Å². The van der Waals surface area contributed by atoms with Crippen molar-refractivity contribution in [3.8, 4) is 0 Å². The van der Waals surface area contributed by atoms with Gasteiger partial charge in [-0.2, -0.15) is 0 Å². The molecule has 1 unspecified atom stereocenters. The Kier molecular flexibility index (Phi) is 5.46. The van der Waals surface area contributed by atoms with Gasteiger partial charge in [0.05, 0.1) is 11.1 Å². The van der Waals surface area contributed by atoms with E-state index in [0.29, 0.717) is 11.1 Å². The number of hydrogen-bond donors (Lipinski definition) is 2. The summed E-state index contributed by atoms with van der Waals surface area (Å²) in [6, 6.07) is 4.36. The van der Waals surface area contributed by atoms with E-state index in [9.17, 15) is 19.2 Å². The van der Waals surface area contributed by atoms with Crippen molar-refractivity contribution in [2.75, 3.05) is 13.1 Å². The molecule has 1 fully saturated rings. The first-order chi connectivity index (χ1) is 12.5. The molecule has 4 amide bonds. The third-order valence-electron chi connectivity index (χ3n) is 4.75. The van der Waals surface area contributed by atoms with Gasteiger partial charge in [-0.1, -0.05) is 13.0 Å². The molecule has 0 spiro atoms. The van der Waals surface area contributed by atoms with E-state index in [-0.39, 0.29) is 18.7 Å². The minimum atomic E-state index is -0.915. The normalized spacial score (nSPS) is 19.7. The number of fused-ring (bicyclic) bond motifs is 1. The van der Waals surface area contributed by atoms with Crippen molar-refractivity contribution in [2.24, 2.45) is 0 Å². The number of carbonyl (C=O) groups excluding carboxylic acids is 4. The molecule has 2 aliphatic heterocycles. The van der Waals surface area contributed by atoms with E-state index in [2.05, 4.69) is 17.6 Å². The lowest BCUT2D eigenvalue weighted by Crippen LogP contribution is -2.54. The summed E-state index contributed by atoms with van der Waals surface area (Å²) in [6.45, 7) is 4.00. The number of nitrogens with one attached hydrogen (secondary N) is 2. The fourth-order valence-electron chi connectivity index (χ4n) is 3.39. The zero-order valence-electron chi connectivity index (χ0n) is 14.8. The Hall–Kier alpha value is -2.54. The maximum atomic E-state index is 12.7. The quantitative estimate of drug-likeness (QED) is 0.561. The number of imide groups is 2. The lowest BCUT2D eigenvalue weighted by molar-refractivity contribution is -0.136. The third-order valence-corrected chi connectivity index (χ3v) is 4.75. The highest BCUT2D eigenvalue weighted by atomic mass is 16.2. The Morgan fingerprint density at radius 3 is 2.62 bits per heavy atom. The predicted molar refractivity (Wildman–Crippen MR) is 94.6 cm³/mol. The van der Waals surface area contributed by atoms with Crippen LogP contribution in [0, 0.1) is 0 Å². The second-order valence-electron chi connectivity index (χ2n) is 6.68. The molecule has 1 atom stereocenters. The molecule has 7 nitrogen and oxygen atoms in total. The van der Waals surface area contributed by atoms with Crippen LogP contribution in [0.15, 0.2) is 18.2 Å². The molecule has 0 aromatic heterocycles. The van der Waals surface area contributed by atoms with Gasteiger partial charge in [0.25, 0.3) is 11.8 Å². The molecule has 2 N–H and O–H groups in total. The fraction of sp³-hybridized carbons (Fsp3) is 0.474. The number of amides is 4. The van der Waals surface area contributed by atoms with Gasteiger partial charge in [-0.15, -0.1) is 0 Å². The summed E-state index contributed by atoms with van der Waals surface area (Å²) < 4.78 is 0. The van der Waals surface area contributed by atoms with Crippen molar-refractivity contribution in [1.29, 1.82) is 0 Å². The first-order valence-corrected chi connectivity index (χ1v) is 9.08. The summed E-state index contributed by atoms with van der Waals surface area (Å²) in [6.07, 6.45) is 3.14. The maximum Gasteiger partial charge on any atom is 0.262 e. The smallest absolute Gasteiger partial charge is 0.262 e. The van der Waals surface area contributed by atoms with E-state index in [1.165, 1.54) is 0 Å². The Balaban J connectivity index is 1.71. The molecule has 1 aromatic rings. The molecular formula is C19H23N3O4. The summed E-state index contributed by atoms with van der Waals surface area (Å²) in [5, 5.41) is 5.53. The topological polar surface area (TPSA) is 95.6 Å². The monoisotopic (exact) mass is 357 g/mol. The first kappa shape index (κ1) is 18.3. The van der Waals surface area contributed by atoms with Crippen LogP contribution in [0.3, 0.4) is 0 Å². The highest BCUT2D eigenvalue weighted by molar-refractivity contribution is 6.23. The summed E-state index contributed by atoms with van der Waals surface area (Å²) in [5.41, 5.74) is 1.67. The number of benzene rings is 1. The molecule has 1 saturated heterocycles. The van der Waals surface area contributed by atoms with Gasteiger partial charge in [-0.25, -0.2) is 0 Å². The predicted octanol–water partition coefficient (Wildman–Crippen LogP) is 1.02. The fourth-order valence-corrected chi connectivity index (χ4v) is 3.39. The largest absolute Gasteiger partial charge is 0.317 e. The van der Waals surface area contributed by atoms with Crippen LogP contribution in [-0.2, 0) is 16.0 Å². The maximum absolute atomic E-state index is 12.7. The van der Waals surface area contributed by atoms with Crippen LogP contribution in [-0.4, -0.2) is 47.7 Å². The average molecular weight is 357 g/mol. The lowest BCUT2D eigenvalue weighted by atomic mass is 10.0. The van der Waals surface area contributed by atoms with Gasteiger partial charge >= 0.3 is 0 Å². The van der Waals surface area contributed by atoms with Gasteiger partial charge in [-0.3, -0.25) is 29.4 Å². The summed E-state index contributed by atoms with van der Waals surface area (Å²) in [7, 11) is 0. The standard InChI is InChI=1S/C19H23N3O4/c1-2-9-20-10-3-4-12-5-6-13-14(11-12)19(26)22(18(13)25)15-7-8-16(23)21-17(15)24/h5-6,11,15,20H,2-4,7-10H2,1H3,(H,21,23,24). The second kappa shape index (κ2) is 7.78. The number of rotatable bonds is 7. The highest BCUT2D eigenvalue weighted by Gasteiger charge is 2.44. The zero-order chi connectivity index (χ0) is 18.7. The molecular weight excluding hydrogens is 334 g/mol. The van der Waals surface area contributed by atoms with Crippen LogP contribution in [0.4, 0.5) is 0 Å². The van der Waals surface area contributed by atoms with Crippen LogP contribution in [0.2, 0.25) is 0 Å². The molecule has 26 heavy (non-hydrogen) atoms. The van der Waals surface area contributed by atoms with E-state index in [4.69, 9.17) is 0 Å². The number of piperidine rings is 1. The Morgan fingerprint density at radius 1 is 1.12 bits per heavy atom. The summed E-state index contributed by atoms with van der Waals surface area (Å²) >= 11 is 0. The molecule has 0 saturated carbocycles. The number of aryl methyl sites for hydroxylation is 1. The minimum absolute atomic E-state index is 0.125. The molecule has 3 rings (SSSR count). The minimum Gasteiger partial charge on any atom is -0.317 e. The first-order valence-electron chi connectivity index (χ1n) is 9.08. The zero-order valence-corrected chi connectivity index (χ0v) is 14.8. The van der Waals surface area contributed by atoms with Crippen molar-refractivity contribution in [2.45, 2.75) is 45.1 Å². The number of nitrogens with zero attached hydrogens (tertiary/aromatic N) is 1. The van der Waals surface area contributed by atoms with Gasteiger partial charge in [-0.05, 0) is 56.5 Å². The Bertz CT molecular complexity index is 759. The Morgan fingerprint density at radius 2 is 1.88 bits per heavy atom. The van der Waals surface area contributed by atoms with Gasteiger partial charge < -0.3 is 5.32 Å². The van der Waals surface area contributed by atoms with E-state index >= 15 is 0 Å². The van der Waals surface area contributed by atoms with Crippen LogP contribution < -0.4 is 10.6 Å². The van der Waals surface area contributed by atoms with Gasteiger partial charge in [0, 0.05) is 6.42 Å². The van der Waals surface area contributed by atoms with Crippen LogP contribution in [0.25, 0.3) is 0 Å². The third kappa shape index (κ3) is 3.53.